The molecule has 2 rings (SSSR count). The number of nitrogens with two attached hydrogens (primary N) is 1. The fourth-order valence-electron chi connectivity index (χ4n) is 2.34. The van der Waals surface area contributed by atoms with E-state index in [2.05, 4.69) is 0 Å². The molecule has 4 heteroatoms. The molecule has 2 aromatic rings. The molecule has 3 N–H and O–H groups in total. The van der Waals surface area contributed by atoms with Crippen molar-refractivity contribution in [3.05, 3.63) is 59.7 Å². The summed E-state index contributed by atoms with van der Waals surface area (Å²) in [5.41, 5.74) is 5.74. The quantitative estimate of drug-likeness (QED) is 0.873. The number of ether oxygens (including phenoxy) is 2. The molecule has 0 aliphatic rings. The second kappa shape index (κ2) is 5.94. The first-order valence-electron chi connectivity index (χ1n) is 6.36. The summed E-state index contributed by atoms with van der Waals surface area (Å²) < 4.78 is 10.7. The van der Waals surface area contributed by atoms with Crippen molar-refractivity contribution in [3.63, 3.8) is 0 Å². The maximum absolute atomic E-state index is 11.1. The van der Waals surface area contributed by atoms with Crippen molar-refractivity contribution in [1.29, 1.82) is 0 Å². The number of benzene rings is 2. The number of hydrogen-bond donors (Lipinski definition) is 2. The standard InChI is InChI=1S/C16H19NO3/c1-19-13-9-6-10-14(20-2)15(13)16(18,11-17)12-7-4-3-5-8-12/h3-10,18H,11,17H2,1-2H3. The van der Waals surface area contributed by atoms with Crippen LogP contribution >= 0.6 is 0 Å². The molecule has 0 saturated heterocycles. The molecule has 0 radical (unpaired) electrons. The molecule has 20 heavy (non-hydrogen) atoms. The van der Waals surface area contributed by atoms with Crippen molar-refractivity contribution in [2.45, 2.75) is 5.60 Å². The van der Waals surface area contributed by atoms with Crippen LogP contribution in [-0.2, 0) is 5.60 Å². The van der Waals surface area contributed by atoms with Crippen LogP contribution in [0.3, 0.4) is 0 Å². The minimum absolute atomic E-state index is 0.0216. The Morgan fingerprint density at radius 1 is 0.950 bits per heavy atom. The average Bonchev–Trinajstić information content (AvgIpc) is 2.54. The number of rotatable bonds is 5. The van der Waals surface area contributed by atoms with Crippen LogP contribution in [-0.4, -0.2) is 25.9 Å². The molecule has 0 aliphatic heterocycles. The molecule has 0 aromatic heterocycles. The van der Waals surface area contributed by atoms with Crippen LogP contribution in [0, 0.1) is 0 Å². The van der Waals surface area contributed by atoms with Gasteiger partial charge in [0.2, 0.25) is 0 Å². The summed E-state index contributed by atoms with van der Waals surface area (Å²) in [5, 5.41) is 11.1. The lowest BCUT2D eigenvalue weighted by Gasteiger charge is -2.30. The maximum Gasteiger partial charge on any atom is 0.134 e. The van der Waals surface area contributed by atoms with E-state index in [1.165, 1.54) is 0 Å². The molecular weight excluding hydrogens is 254 g/mol. The SMILES string of the molecule is COc1cccc(OC)c1C(O)(CN)c1ccccc1. The molecule has 0 fully saturated rings. The molecule has 1 atom stereocenters. The summed E-state index contributed by atoms with van der Waals surface area (Å²) in [6.07, 6.45) is 0. The summed E-state index contributed by atoms with van der Waals surface area (Å²) >= 11 is 0. The number of hydrogen-bond acceptors (Lipinski definition) is 4. The van der Waals surface area contributed by atoms with E-state index in [1.54, 1.807) is 26.4 Å². The highest BCUT2D eigenvalue weighted by Crippen LogP contribution is 2.41. The molecule has 106 valence electrons. The first-order chi connectivity index (χ1) is 9.67. The van der Waals surface area contributed by atoms with Gasteiger partial charge in [-0.2, -0.15) is 0 Å². The zero-order valence-corrected chi connectivity index (χ0v) is 11.7. The summed E-state index contributed by atoms with van der Waals surface area (Å²) in [7, 11) is 3.11. The van der Waals surface area contributed by atoms with Crippen LogP contribution in [0.4, 0.5) is 0 Å². The second-order valence-corrected chi connectivity index (χ2v) is 4.47. The van der Waals surface area contributed by atoms with Gasteiger partial charge in [0.1, 0.15) is 17.1 Å². The van der Waals surface area contributed by atoms with E-state index in [1.807, 2.05) is 36.4 Å². The highest BCUT2D eigenvalue weighted by atomic mass is 16.5. The molecular formula is C16H19NO3. The van der Waals surface area contributed by atoms with Crippen LogP contribution in [0.2, 0.25) is 0 Å². The van der Waals surface area contributed by atoms with Crippen LogP contribution in [0.5, 0.6) is 11.5 Å². The van der Waals surface area contributed by atoms with Gasteiger partial charge in [0.25, 0.3) is 0 Å². The topological polar surface area (TPSA) is 64.7 Å². The summed E-state index contributed by atoms with van der Waals surface area (Å²) in [6, 6.07) is 14.6. The molecule has 0 amide bonds. The lowest BCUT2D eigenvalue weighted by molar-refractivity contribution is 0.0840. The zero-order valence-electron chi connectivity index (χ0n) is 11.7. The Morgan fingerprint density at radius 2 is 1.50 bits per heavy atom. The third kappa shape index (κ3) is 2.35. The normalized spacial score (nSPS) is 13.6. The van der Waals surface area contributed by atoms with Crippen molar-refractivity contribution in [2.75, 3.05) is 20.8 Å². The Hall–Kier alpha value is -2.04. The van der Waals surface area contributed by atoms with E-state index in [-0.39, 0.29) is 6.54 Å². The van der Waals surface area contributed by atoms with Crippen LogP contribution in [0.15, 0.2) is 48.5 Å². The van der Waals surface area contributed by atoms with Gasteiger partial charge in [0.05, 0.1) is 19.8 Å². The number of methoxy groups -OCH3 is 2. The lowest BCUT2D eigenvalue weighted by atomic mass is 9.85. The molecule has 4 nitrogen and oxygen atoms in total. The first-order valence-corrected chi connectivity index (χ1v) is 6.36. The van der Waals surface area contributed by atoms with E-state index >= 15 is 0 Å². The zero-order chi connectivity index (χ0) is 14.6. The van der Waals surface area contributed by atoms with E-state index in [4.69, 9.17) is 15.2 Å². The van der Waals surface area contributed by atoms with Gasteiger partial charge in [-0.25, -0.2) is 0 Å². The van der Waals surface area contributed by atoms with E-state index in [0.29, 0.717) is 22.6 Å². The Balaban J connectivity index is 2.68. The van der Waals surface area contributed by atoms with Gasteiger partial charge >= 0.3 is 0 Å². The van der Waals surface area contributed by atoms with Crippen LogP contribution < -0.4 is 15.2 Å². The van der Waals surface area contributed by atoms with Crippen molar-refractivity contribution in [1.82, 2.24) is 0 Å². The Morgan fingerprint density at radius 3 is 1.95 bits per heavy atom. The predicted octanol–water partition coefficient (Wildman–Crippen LogP) is 1.90. The number of aliphatic hydroxyl groups is 1. The van der Waals surface area contributed by atoms with Gasteiger partial charge in [-0.05, 0) is 17.7 Å². The van der Waals surface area contributed by atoms with Gasteiger partial charge in [-0.3, -0.25) is 0 Å². The Bertz CT molecular complexity index is 549. The molecule has 0 bridgehead atoms. The fraction of sp³-hybridized carbons (Fsp3) is 0.250. The highest BCUT2D eigenvalue weighted by molar-refractivity contribution is 5.53. The average molecular weight is 273 g/mol. The Kier molecular flexibility index (Phi) is 4.27. The third-order valence-corrected chi connectivity index (χ3v) is 3.39. The van der Waals surface area contributed by atoms with Gasteiger partial charge in [-0.15, -0.1) is 0 Å². The van der Waals surface area contributed by atoms with Crippen molar-refractivity contribution < 1.29 is 14.6 Å². The first kappa shape index (κ1) is 14.4. The van der Waals surface area contributed by atoms with Crippen LogP contribution in [0.25, 0.3) is 0 Å². The fourth-order valence-corrected chi connectivity index (χ4v) is 2.34. The molecule has 0 spiro atoms. The largest absolute Gasteiger partial charge is 0.496 e. The summed E-state index contributed by atoms with van der Waals surface area (Å²) in [4.78, 5) is 0. The molecule has 0 aliphatic carbocycles. The Labute approximate surface area is 118 Å². The minimum atomic E-state index is -1.36. The van der Waals surface area contributed by atoms with E-state index in [9.17, 15) is 5.11 Å². The smallest absolute Gasteiger partial charge is 0.134 e. The molecule has 0 heterocycles. The predicted molar refractivity (Wildman–Crippen MR) is 78.0 cm³/mol. The van der Waals surface area contributed by atoms with Crippen molar-refractivity contribution in [3.8, 4) is 11.5 Å². The molecule has 1 unspecified atom stereocenters. The summed E-state index contributed by atoms with van der Waals surface area (Å²) in [5.74, 6) is 1.09. The molecule has 0 saturated carbocycles. The summed E-state index contributed by atoms with van der Waals surface area (Å²) in [6.45, 7) is 0.0216. The van der Waals surface area contributed by atoms with Gasteiger partial charge < -0.3 is 20.3 Å². The third-order valence-electron chi connectivity index (χ3n) is 3.39. The van der Waals surface area contributed by atoms with E-state index in [0.717, 1.165) is 0 Å². The highest BCUT2D eigenvalue weighted by Gasteiger charge is 2.36. The minimum Gasteiger partial charge on any atom is -0.496 e. The second-order valence-electron chi connectivity index (χ2n) is 4.47. The monoisotopic (exact) mass is 273 g/mol. The van der Waals surface area contributed by atoms with Gasteiger partial charge in [0, 0.05) is 6.54 Å². The van der Waals surface area contributed by atoms with Gasteiger partial charge in [0.15, 0.2) is 0 Å². The van der Waals surface area contributed by atoms with E-state index < -0.39 is 5.60 Å². The molecule has 2 aromatic carbocycles. The van der Waals surface area contributed by atoms with Gasteiger partial charge in [-0.1, -0.05) is 36.4 Å². The van der Waals surface area contributed by atoms with Crippen molar-refractivity contribution in [2.24, 2.45) is 5.73 Å². The maximum atomic E-state index is 11.1. The lowest BCUT2D eigenvalue weighted by Crippen LogP contribution is -2.36. The van der Waals surface area contributed by atoms with Crippen molar-refractivity contribution >= 4 is 0 Å². The van der Waals surface area contributed by atoms with Crippen LogP contribution in [0.1, 0.15) is 11.1 Å².